The van der Waals surface area contributed by atoms with Crippen molar-refractivity contribution in [1.29, 1.82) is 0 Å². The molecule has 5 rings (SSSR count). The Morgan fingerprint density at radius 1 is 0.758 bits per heavy atom. The molecule has 0 saturated carbocycles. The predicted octanol–water partition coefficient (Wildman–Crippen LogP) is 8.17. The van der Waals surface area contributed by atoms with Crippen LogP contribution in [-0.4, -0.2) is 10.8 Å². The van der Waals surface area contributed by atoms with E-state index in [9.17, 15) is 0 Å². The smallest absolute Gasteiger partial charge is 0.0652 e. The van der Waals surface area contributed by atoms with E-state index in [-0.39, 0.29) is 0 Å². The van der Waals surface area contributed by atoms with E-state index < -0.39 is 0 Å². The van der Waals surface area contributed by atoms with E-state index in [1.165, 1.54) is 0 Å². The Bertz CT molecular complexity index is 1370. The number of rotatable bonds is 6. The van der Waals surface area contributed by atoms with Crippen molar-refractivity contribution in [2.24, 2.45) is 5.10 Å². The number of hydrogen-bond donors (Lipinski definition) is 0. The van der Waals surface area contributed by atoms with E-state index in [1.54, 1.807) is 6.07 Å². The van der Waals surface area contributed by atoms with Crippen LogP contribution in [0.2, 0.25) is 10.0 Å². The van der Waals surface area contributed by atoms with E-state index in [4.69, 9.17) is 28.3 Å². The zero-order valence-corrected chi connectivity index (χ0v) is 19.3. The normalized spacial score (nSPS) is 11.3. The van der Waals surface area contributed by atoms with E-state index in [0.717, 1.165) is 33.4 Å². The molecule has 0 atom stereocenters. The van der Waals surface area contributed by atoms with Gasteiger partial charge in [0.25, 0.3) is 0 Å². The Hall–Kier alpha value is -3.53. The van der Waals surface area contributed by atoms with Crippen LogP contribution < -0.4 is 5.01 Å². The third-order valence-electron chi connectivity index (χ3n) is 5.49. The maximum absolute atomic E-state index is 6.45. The lowest BCUT2D eigenvalue weighted by atomic mass is 10.2. The molecule has 0 bridgehead atoms. The highest BCUT2D eigenvalue weighted by molar-refractivity contribution is 6.35. The molecule has 0 N–H and O–H groups in total. The molecule has 5 heteroatoms. The van der Waals surface area contributed by atoms with Crippen molar-refractivity contribution in [1.82, 2.24) is 4.57 Å². The van der Waals surface area contributed by atoms with E-state index in [0.29, 0.717) is 16.6 Å². The molecule has 162 valence electrons. The summed E-state index contributed by atoms with van der Waals surface area (Å²) in [6, 6.07) is 34.2. The highest BCUT2D eigenvalue weighted by atomic mass is 35.5. The lowest BCUT2D eigenvalue weighted by molar-refractivity contribution is 0.836. The Labute approximate surface area is 203 Å². The molecule has 33 heavy (non-hydrogen) atoms. The standard InChI is InChI=1S/C28H21Cl2N3/c29-23-16-15-21(27(30)17-23)19-32-20-22(26-13-7-8-14-28(26)32)18-31-33(24-9-3-1-4-10-24)25-11-5-2-6-12-25/h1-18,20H,19H2/b31-18-. The van der Waals surface area contributed by atoms with Gasteiger partial charge in [-0.05, 0) is 48.0 Å². The number of halogens is 2. The second-order valence-corrected chi connectivity index (χ2v) is 8.54. The molecule has 0 saturated heterocycles. The highest BCUT2D eigenvalue weighted by Gasteiger charge is 2.11. The van der Waals surface area contributed by atoms with Crippen molar-refractivity contribution in [2.75, 3.05) is 5.01 Å². The maximum Gasteiger partial charge on any atom is 0.0652 e. The molecule has 1 aromatic heterocycles. The minimum atomic E-state index is 0.635. The average Bonchev–Trinajstić information content (AvgIpc) is 3.20. The molecule has 0 spiro atoms. The first-order valence-electron chi connectivity index (χ1n) is 10.6. The van der Waals surface area contributed by atoms with Crippen molar-refractivity contribution in [3.63, 3.8) is 0 Å². The van der Waals surface area contributed by atoms with E-state index in [1.807, 2.05) is 71.9 Å². The van der Waals surface area contributed by atoms with Crippen LogP contribution in [0.3, 0.4) is 0 Å². The van der Waals surface area contributed by atoms with Crippen LogP contribution >= 0.6 is 23.2 Å². The summed E-state index contributed by atoms with van der Waals surface area (Å²) in [5, 5.41) is 9.26. The average molecular weight is 470 g/mol. The summed E-state index contributed by atoms with van der Waals surface area (Å²) in [5.41, 5.74) is 5.16. The summed E-state index contributed by atoms with van der Waals surface area (Å²) in [7, 11) is 0. The lowest BCUT2D eigenvalue weighted by Crippen LogP contribution is -2.09. The number of fused-ring (bicyclic) bond motifs is 1. The summed E-state index contributed by atoms with van der Waals surface area (Å²) < 4.78 is 2.20. The second kappa shape index (κ2) is 9.53. The van der Waals surface area contributed by atoms with Gasteiger partial charge in [-0.25, -0.2) is 5.01 Å². The number of hydrogen-bond acceptors (Lipinski definition) is 2. The fourth-order valence-corrected chi connectivity index (χ4v) is 4.35. The van der Waals surface area contributed by atoms with Crippen molar-refractivity contribution in [2.45, 2.75) is 6.54 Å². The van der Waals surface area contributed by atoms with E-state index in [2.05, 4.69) is 47.2 Å². The van der Waals surface area contributed by atoms with Crippen molar-refractivity contribution < 1.29 is 0 Å². The third-order valence-corrected chi connectivity index (χ3v) is 6.08. The zero-order valence-electron chi connectivity index (χ0n) is 17.8. The van der Waals surface area contributed by atoms with Crippen LogP contribution in [0.1, 0.15) is 11.1 Å². The molecule has 0 aliphatic carbocycles. The number of aromatic nitrogens is 1. The van der Waals surface area contributed by atoms with Crippen molar-refractivity contribution >= 4 is 51.7 Å². The number of nitrogens with zero attached hydrogens (tertiary/aromatic N) is 3. The molecule has 0 unspecified atom stereocenters. The molecule has 0 amide bonds. The van der Waals surface area contributed by atoms with Crippen LogP contribution in [0.5, 0.6) is 0 Å². The minimum Gasteiger partial charge on any atom is -0.342 e. The zero-order chi connectivity index (χ0) is 22.6. The molecule has 5 aromatic rings. The van der Waals surface area contributed by atoms with Gasteiger partial charge in [-0.1, -0.05) is 83.9 Å². The molecular formula is C28H21Cl2N3. The van der Waals surface area contributed by atoms with Gasteiger partial charge >= 0.3 is 0 Å². The monoisotopic (exact) mass is 469 g/mol. The topological polar surface area (TPSA) is 20.5 Å². The van der Waals surface area contributed by atoms with E-state index >= 15 is 0 Å². The number of hydrazone groups is 1. The van der Waals surface area contributed by atoms with Gasteiger partial charge in [0.1, 0.15) is 0 Å². The SMILES string of the molecule is Clc1ccc(Cn2cc(/C=N\N(c3ccccc3)c3ccccc3)c3ccccc32)c(Cl)c1. The largest absolute Gasteiger partial charge is 0.342 e. The number of benzene rings is 4. The number of para-hydroxylation sites is 3. The van der Waals surface area contributed by atoms with Crippen LogP contribution in [-0.2, 0) is 6.54 Å². The molecule has 3 nitrogen and oxygen atoms in total. The lowest BCUT2D eigenvalue weighted by Gasteiger charge is -2.19. The molecule has 0 fully saturated rings. The van der Waals surface area contributed by atoms with Gasteiger partial charge in [0.15, 0.2) is 0 Å². The first-order chi connectivity index (χ1) is 16.2. The van der Waals surface area contributed by atoms with Gasteiger partial charge in [-0.3, -0.25) is 0 Å². The second-order valence-electron chi connectivity index (χ2n) is 7.69. The Morgan fingerprint density at radius 2 is 1.39 bits per heavy atom. The Kier molecular flexibility index (Phi) is 6.16. The molecule has 0 aliphatic heterocycles. The van der Waals surface area contributed by atoms with Gasteiger partial charge in [0.05, 0.1) is 17.6 Å². The summed E-state index contributed by atoms with van der Waals surface area (Å²) in [5.74, 6) is 0. The Morgan fingerprint density at radius 3 is 2.06 bits per heavy atom. The quantitative estimate of drug-likeness (QED) is 0.181. The van der Waals surface area contributed by atoms with Gasteiger partial charge in [-0.2, -0.15) is 5.10 Å². The minimum absolute atomic E-state index is 0.635. The van der Waals surface area contributed by atoms with Crippen LogP contribution in [0.25, 0.3) is 10.9 Å². The first-order valence-corrected chi connectivity index (χ1v) is 11.4. The maximum atomic E-state index is 6.45. The molecule has 4 aromatic carbocycles. The first kappa shape index (κ1) is 21.3. The van der Waals surface area contributed by atoms with Gasteiger partial charge in [-0.15, -0.1) is 0 Å². The van der Waals surface area contributed by atoms with Gasteiger partial charge < -0.3 is 4.57 Å². The molecular weight excluding hydrogens is 449 g/mol. The summed E-state index contributed by atoms with van der Waals surface area (Å²) in [6.45, 7) is 0.644. The number of anilines is 2. The van der Waals surface area contributed by atoms with Crippen LogP contribution in [0.4, 0.5) is 11.4 Å². The molecule has 1 heterocycles. The molecule has 0 aliphatic rings. The van der Waals surface area contributed by atoms with Gasteiger partial charge in [0.2, 0.25) is 0 Å². The van der Waals surface area contributed by atoms with Crippen LogP contribution in [0, 0.1) is 0 Å². The van der Waals surface area contributed by atoms with Crippen molar-refractivity contribution in [3.8, 4) is 0 Å². The highest BCUT2D eigenvalue weighted by Crippen LogP contribution is 2.28. The summed E-state index contributed by atoms with van der Waals surface area (Å²) in [6.07, 6.45) is 4.04. The Balaban J connectivity index is 1.54. The third kappa shape index (κ3) is 4.65. The van der Waals surface area contributed by atoms with Crippen molar-refractivity contribution in [3.05, 3.63) is 130 Å². The van der Waals surface area contributed by atoms with Gasteiger partial charge in [0, 0.05) is 39.3 Å². The fourth-order valence-electron chi connectivity index (χ4n) is 3.88. The summed E-state index contributed by atoms with van der Waals surface area (Å²) >= 11 is 12.5. The fraction of sp³-hybridized carbons (Fsp3) is 0.0357. The predicted molar refractivity (Wildman–Crippen MR) is 140 cm³/mol. The van der Waals surface area contributed by atoms with Crippen LogP contribution in [0.15, 0.2) is 114 Å². The molecule has 0 radical (unpaired) electrons. The summed E-state index contributed by atoms with van der Waals surface area (Å²) in [4.78, 5) is 0.